The molecule has 7 heteroatoms. The summed E-state index contributed by atoms with van der Waals surface area (Å²) in [6, 6.07) is 8.19. The number of rotatable bonds is 5. The molecule has 1 amide bonds. The van der Waals surface area contributed by atoms with Crippen molar-refractivity contribution < 1.29 is 19.4 Å². The van der Waals surface area contributed by atoms with Crippen molar-refractivity contribution in [2.75, 3.05) is 45.6 Å². The Kier molecular flexibility index (Phi) is 5.98. The number of fused-ring (bicyclic) bond motifs is 1. The molecule has 0 unspecified atom stereocenters. The second-order valence-corrected chi connectivity index (χ2v) is 7.78. The van der Waals surface area contributed by atoms with Crippen molar-refractivity contribution in [2.45, 2.75) is 17.8 Å². The number of amides is 1. The number of aryl methyl sites for hydroxylation is 1. The Morgan fingerprint density at radius 3 is 3.00 bits per heavy atom. The zero-order valence-corrected chi connectivity index (χ0v) is 15.2. The van der Waals surface area contributed by atoms with Gasteiger partial charge in [0, 0.05) is 19.6 Å². The third-order valence-electron chi connectivity index (χ3n) is 4.59. The largest absolute Gasteiger partial charge is 0.480 e. The summed E-state index contributed by atoms with van der Waals surface area (Å²) in [4.78, 5) is 27.5. The van der Waals surface area contributed by atoms with E-state index in [0.29, 0.717) is 26.2 Å². The van der Waals surface area contributed by atoms with Gasteiger partial charge in [0.25, 0.3) is 0 Å². The van der Waals surface area contributed by atoms with Crippen LogP contribution in [0.2, 0.25) is 0 Å². The van der Waals surface area contributed by atoms with Crippen molar-refractivity contribution >= 4 is 23.6 Å². The maximum atomic E-state index is 13.1. The number of nitrogens with zero attached hydrogens (tertiary/aromatic N) is 2. The van der Waals surface area contributed by atoms with E-state index in [1.165, 1.54) is 5.56 Å². The highest BCUT2D eigenvalue weighted by atomic mass is 32.2. The van der Waals surface area contributed by atoms with Crippen LogP contribution in [0, 0.1) is 0 Å². The lowest BCUT2D eigenvalue weighted by atomic mass is 10.0. The summed E-state index contributed by atoms with van der Waals surface area (Å²) in [5.41, 5.74) is 2.40. The first kappa shape index (κ1) is 18.2. The van der Waals surface area contributed by atoms with Crippen LogP contribution in [0.5, 0.6) is 0 Å². The molecule has 1 N–H and O–H groups in total. The first-order valence-electron chi connectivity index (χ1n) is 8.54. The summed E-state index contributed by atoms with van der Waals surface area (Å²) in [5, 5.41) is 8.73. The predicted molar refractivity (Wildman–Crippen MR) is 96.8 cm³/mol. The zero-order valence-electron chi connectivity index (χ0n) is 14.4. The average Bonchev–Trinajstić information content (AvgIpc) is 2.60. The number of carbonyl (C=O) groups excluding carboxylic acids is 1. The van der Waals surface area contributed by atoms with E-state index in [1.54, 1.807) is 23.7 Å². The quantitative estimate of drug-likeness (QED) is 0.848. The molecule has 0 aromatic heterocycles. The van der Waals surface area contributed by atoms with E-state index < -0.39 is 5.97 Å². The van der Waals surface area contributed by atoms with Gasteiger partial charge in [-0.15, -0.1) is 11.8 Å². The smallest absolute Gasteiger partial charge is 0.317 e. The summed E-state index contributed by atoms with van der Waals surface area (Å²) >= 11 is 1.71. The number of likely N-dealkylation sites (N-methyl/N-ethyl adjacent to an activating group) is 1. The molecule has 2 heterocycles. The molecule has 6 nitrogen and oxygen atoms in total. The standard InChI is InChI=1S/C18H24N2O4S/c1-19(12-16(21)22)10-14-11-20(7-8-24-14)18(23)17-15-5-3-2-4-13(15)6-9-25-17/h2-5,14,17H,6-12H2,1H3,(H,21,22)/t14-,17+/m0/s1. The van der Waals surface area contributed by atoms with Crippen LogP contribution >= 0.6 is 11.8 Å². The first-order valence-corrected chi connectivity index (χ1v) is 9.59. The van der Waals surface area contributed by atoms with Gasteiger partial charge >= 0.3 is 5.97 Å². The fraction of sp³-hybridized carbons (Fsp3) is 0.556. The lowest BCUT2D eigenvalue weighted by Crippen LogP contribution is -2.50. The molecule has 2 aliphatic rings. The first-order chi connectivity index (χ1) is 12.0. The van der Waals surface area contributed by atoms with E-state index in [0.717, 1.165) is 17.7 Å². The summed E-state index contributed by atoms with van der Waals surface area (Å²) in [6.07, 6.45) is 0.863. The molecule has 25 heavy (non-hydrogen) atoms. The second kappa shape index (κ2) is 8.21. The van der Waals surface area contributed by atoms with Crippen molar-refractivity contribution in [3.05, 3.63) is 35.4 Å². The fourth-order valence-electron chi connectivity index (χ4n) is 3.44. The molecule has 0 radical (unpaired) electrons. The van der Waals surface area contributed by atoms with E-state index in [9.17, 15) is 9.59 Å². The normalized spacial score (nSPS) is 23.4. The topological polar surface area (TPSA) is 70.1 Å². The van der Waals surface area contributed by atoms with Gasteiger partial charge in [0.1, 0.15) is 5.25 Å². The summed E-state index contributed by atoms with van der Waals surface area (Å²) in [6.45, 7) is 2.08. The number of morpholine rings is 1. The van der Waals surface area contributed by atoms with Crippen LogP contribution in [0.25, 0.3) is 0 Å². The Morgan fingerprint density at radius 1 is 1.40 bits per heavy atom. The molecule has 3 rings (SSSR count). The van der Waals surface area contributed by atoms with Crippen molar-refractivity contribution in [2.24, 2.45) is 0 Å². The highest BCUT2D eigenvalue weighted by molar-refractivity contribution is 8.00. The van der Waals surface area contributed by atoms with Gasteiger partial charge in [-0.05, 0) is 30.3 Å². The van der Waals surface area contributed by atoms with Gasteiger partial charge in [-0.2, -0.15) is 0 Å². The van der Waals surface area contributed by atoms with Crippen LogP contribution in [0.15, 0.2) is 24.3 Å². The molecule has 136 valence electrons. The maximum absolute atomic E-state index is 13.1. The molecular formula is C18H24N2O4S. The molecule has 1 aromatic carbocycles. The molecule has 0 saturated carbocycles. The number of carboxylic acids is 1. The van der Waals surface area contributed by atoms with Crippen molar-refractivity contribution in [3.8, 4) is 0 Å². The number of thioether (sulfide) groups is 1. The van der Waals surface area contributed by atoms with Gasteiger partial charge in [-0.25, -0.2) is 0 Å². The Bertz CT molecular complexity index is 639. The van der Waals surface area contributed by atoms with Crippen molar-refractivity contribution in [1.29, 1.82) is 0 Å². The second-order valence-electron chi connectivity index (χ2n) is 6.57. The van der Waals surface area contributed by atoms with Gasteiger partial charge in [0.2, 0.25) is 5.91 Å². The molecule has 0 spiro atoms. The minimum atomic E-state index is -0.860. The highest BCUT2D eigenvalue weighted by Gasteiger charge is 2.33. The Labute approximate surface area is 152 Å². The minimum Gasteiger partial charge on any atom is -0.480 e. The van der Waals surface area contributed by atoms with E-state index in [-0.39, 0.29) is 23.8 Å². The molecule has 2 atom stereocenters. The zero-order chi connectivity index (χ0) is 17.8. The van der Waals surface area contributed by atoms with Crippen LogP contribution in [0.1, 0.15) is 16.4 Å². The van der Waals surface area contributed by atoms with Crippen LogP contribution < -0.4 is 0 Å². The maximum Gasteiger partial charge on any atom is 0.317 e. The van der Waals surface area contributed by atoms with Crippen LogP contribution in [-0.4, -0.2) is 78.5 Å². The number of aliphatic carboxylic acids is 1. The summed E-state index contributed by atoms with van der Waals surface area (Å²) in [7, 11) is 1.76. The van der Waals surface area contributed by atoms with Gasteiger partial charge < -0.3 is 14.7 Å². The van der Waals surface area contributed by atoms with Crippen molar-refractivity contribution in [1.82, 2.24) is 9.80 Å². The molecule has 1 aromatic rings. The van der Waals surface area contributed by atoms with Gasteiger partial charge in [-0.1, -0.05) is 24.3 Å². The number of hydrogen-bond acceptors (Lipinski definition) is 5. The number of carboxylic acid groups (broad SMARTS) is 1. The Morgan fingerprint density at radius 2 is 2.20 bits per heavy atom. The molecule has 0 aliphatic carbocycles. The molecular weight excluding hydrogens is 340 g/mol. The predicted octanol–water partition coefficient (Wildman–Crippen LogP) is 1.26. The van der Waals surface area contributed by atoms with E-state index in [4.69, 9.17) is 9.84 Å². The average molecular weight is 364 g/mol. The number of carbonyl (C=O) groups is 2. The van der Waals surface area contributed by atoms with Crippen LogP contribution in [0.4, 0.5) is 0 Å². The number of hydrogen-bond donors (Lipinski definition) is 1. The van der Waals surface area contributed by atoms with E-state index in [2.05, 4.69) is 12.1 Å². The van der Waals surface area contributed by atoms with Gasteiger partial charge in [0.15, 0.2) is 0 Å². The van der Waals surface area contributed by atoms with Crippen molar-refractivity contribution in [3.63, 3.8) is 0 Å². The Balaban J connectivity index is 1.64. The molecule has 2 aliphatic heterocycles. The van der Waals surface area contributed by atoms with Gasteiger partial charge in [0.05, 0.1) is 19.3 Å². The Hall–Kier alpha value is -1.57. The summed E-state index contributed by atoms with van der Waals surface area (Å²) in [5.74, 6) is 0.246. The molecule has 1 fully saturated rings. The van der Waals surface area contributed by atoms with Gasteiger partial charge in [-0.3, -0.25) is 14.5 Å². The molecule has 0 bridgehead atoms. The summed E-state index contributed by atoms with van der Waals surface area (Å²) < 4.78 is 5.73. The van der Waals surface area contributed by atoms with Crippen LogP contribution in [-0.2, 0) is 20.7 Å². The third kappa shape index (κ3) is 4.54. The van der Waals surface area contributed by atoms with E-state index in [1.807, 2.05) is 17.0 Å². The minimum absolute atomic E-state index is 0.0281. The highest BCUT2D eigenvalue weighted by Crippen LogP contribution is 2.38. The fourth-order valence-corrected chi connectivity index (χ4v) is 4.71. The van der Waals surface area contributed by atoms with E-state index >= 15 is 0 Å². The number of ether oxygens (including phenoxy) is 1. The number of benzene rings is 1. The SMILES string of the molecule is CN(CC(=O)O)C[C@H]1CN(C(=O)[C@@H]2SCCc3ccccc32)CCO1. The monoisotopic (exact) mass is 364 g/mol. The molecule has 1 saturated heterocycles. The van der Waals surface area contributed by atoms with Crippen LogP contribution in [0.3, 0.4) is 0 Å². The third-order valence-corrected chi connectivity index (χ3v) is 5.82. The lowest BCUT2D eigenvalue weighted by molar-refractivity contribution is -0.142. The lowest BCUT2D eigenvalue weighted by Gasteiger charge is -2.37.